The molecule has 1 atom stereocenters. The number of nitrogens with zero attached hydrogens (tertiary/aromatic N) is 1. The van der Waals surface area contributed by atoms with Crippen molar-refractivity contribution in [3.8, 4) is 0 Å². The molecule has 0 bridgehead atoms. The molecule has 1 aliphatic heterocycles. The Hall–Kier alpha value is -1.52. The molecule has 0 aromatic heterocycles. The van der Waals surface area contributed by atoms with Crippen molar-refractivity contribution in [3.05, 3.63) is 58.8 Å². The van der Waals surface area contributed by atoms with Crippen LogP contribution in [-0.4, -0.2) is 16.4 Å². The second-order valence-corrected chi connectivity index (χ2v) is 6.68. The quantitative estimate of drug-likeness (QED) is 0.619. The lowest BCUT2D eigenvalue weighted by Crippen LogP contribution is -2.21. The van der Waals surface area contributed by atoms with E-state index < -0.39 is 7.82 Å². The maximum absolute atomic E-state index is 10.6. The zero-order valence-electron chi connectivity index (χ0n) is 12.1. The van der Waals surface area contributed by atoms with E-state index in [-0.39, 0.29) is 6.61 Å². The summed E-state index contributed by atoms with van der Waals surface area (Å²) in [5, 5.41) is 2.20. The molecule has 0 spiro atoms. The summed E-state index contributed by atoms with van der Waals surface area (Å²) in [6.45, 7) is 0.0878. The minimum absolute atomic E-state index is 0.0878. The average Bonchev–Trinajstić information content (AvgIpc) is 2.83. The summed E-state index contributed by atoms with van der Waals surface area (Å²) in [6.07, 6.45) is 8.86. The van der Waals surface area contributed by atoms with Gasteiger partial charge in [0, 0.05) is 10.8 Å². The van der Waals surface area contributed by atoms with Gasteiger partial charge in [0.25, 0.3) is 0 Å². The first-order valence-electron chi connectivity index (χ1n) is 7.31. The predicted octanol–water partition coefficient (Wildman–Crippen LogP) is 1.82. The van der Waals surface area contributed by atoms with Crippen molar-refractivity contribution >= 4 is 13.4 Å². The van der Waals surface area contributed by atoms with Crippen LogP contribution in [0.4, 0.5) is 0 Å². The minimum atomic E-state index is -4.33. The van der Waals surface area contributed by atoms with E-state index in [0.717, 1.165) is 23.9 Å². The smallest absolute Gasteiger partial charge is 0.303 e. The number of para-hydroxylation sites is 1. The van der Waals surface area contributed by atoms with Gasteiger partial charge in [-0.15, -0.1) is 0 Å². The lowest BCUT2D eigenvalue weighted by molar-refractivity contribution is 0.193. The SMILES string of the molecule is O=P(O)(O)OCCCCC1C=CC2=c3ccccc3=NC2=C1. The fourth-order valence-electron chi connectivity index (χ4n) is 2.75. The first-order valence-corrected chi connectivity index (χ1v) is 8.84. The van der Waals surface area contributed by atoms with E-state index in [9.17, 15) is 4.57 Å². The molecular weight excluding hydrogens is 301 g/mol. The monoisotopic (exact) mass is 319 g/mol. The Labute approximate surface area is 128 Å². The summed E-state index contributed by atoms with van der Waals surface area (Å²) in [5.41, 5.74) is 2.21. The molecule has 2 N–H and O–H groups in total. The van der Waals surface area contributed by atoms with Gasteiger partial charge in [-0.25, -0.2) is 9.56 Å². The molecule has 0 saturated heterocycles. The van der Waals surface area contributed by atoms with Crippen molar-refractivity contribution in [3.63, 3.8) is 0 Å². The Balaban J connectivity index is 1.57. The molecule has 1 heterocycles. The first kappa shape index (κ1) is 15.4. The van der Waals surface area contributed by atoms with Gasteiger partial charge >= 0.3 is 7.82 Å². The molecule has 116 valence electrons. The van der Waals surface area contributed by atoms with E-state index in [4.69, 9.17) is 9.79 Å². The number of hydrogen-bond acceptors (Lipinski definition) is 3. The van der Waals surface area contributed by atoms with E-state index >= 15 is 0 Å². The molecule has 1 aromatic carbocycles. The summed E-state index contributed by atoms with van der Waals surface area (Å²) >= 11 is 0. The lowest BCUT2D eigenvalue weighted by atomic mass is 9.93. The molecule has 1 unspecified atom stereocenters. The van der Waals surface area contributed by atoms with Crippen molar-refractivity contribution < 1.29 is 18.9 Å². The van der Waals surface area contributed by atoms with Crippen LogP contribution in [-0.2, 0) is 9.09 Å². The Morgan fingerprint density at radius 1 is 1.23 bits per heavy atom. The van der Waals surface area contributed by atoms with Gasteiger partial charge in [0.2, 0.25) is 0 Å². The van der Waals surface area contributed by atoms with E-state index in [1.807, 2.05) is 18.2 Å². The van der Waals surface area contributed by atoms with Crippen molar-refractivity contribution in [2.45, 2.75) is 19.3 Å². The van der Waals surface area contributed by atoms with E-state index in [0.29, 0.717) is 12.3 Å². The van der Waals surface area contributed by atoms with Crippen LogP contribution in [0.25, 0.3) is 5.57 Å². The molecule has 0 radical (unpaired) electrons. The van der Waals surface area contributed by atoms with Crippen molar-refractivity contribution in [1.29, 1.82) is 0 Å². The molecular formula is C16H18NO4P. The fraction of sp³-hybridized carbons (Fsp3) is 0.312. The third kappa shape index (κ3) is 3.62. The van der Waals surface area contributed by atoms with Gasteiger partial charge in [-0.05, 0) is 24.8 Å². The van der Waals surface area contributed by atoms with Crippen molar-refractivity contribution in [2.75, 3.05) is 6.61 Å². The number of unbranched alkanes of at least 4 members (excludes halogenated alkanes) is 1. The summed E-state index contributed by atoms with van der Waals surface area (Å²) in [4.78, 5) is 21.9. The van der Waals surface area contributed by atoms with Gasteiger partial charge in [0.05, 0.1) is 17.7 Å². The van der Waals surface area contributed by atoms with Crippen LogP contribution >= 0.6 is 7.82 Å². The number of benzene rings is 1. The number of allylic oxidation sites excluding steroid dienone is 3. The maximum atomic E-state index is 10.6. The van der Waals surface area contributed by atoms with Crippen LogP contribution in [0.15, 0.2) is 53.2 Å². The van der Waals surface area contributed by atoms with Gasteiger partial charge in [0.15, 0.2) is 0 Å². The van der Waals surface area contributed by atoms with E-state index in [1.165, 1.54) is 10.8 Å². The molecule has 0 fully saturated rings. The minimum Gasteiger partial charge on any atom is -0.303 e. The summed E-state index contributed by atoms with van der Waals surface area (Å²) < 4.78 is 15.0. The molecule has 3 rings (SSSR count). The highest BCUT2D eigenvalue weighted by Crippen LogP contribution is 2.36. The van der Waals surface area contributed by atoms with Gasteiger partial charge in [-0.3, -0.25) is 4.52 Å². The van der Waals surface area contributed by atoms with Gasteiger partial charge in [-0.2, -0.15) is 0 Å². The molecule has 0 amide bonds. The lowest BCUT2D eigenvalue weighted by Gasteiger charge is -2.14. The summed E-state index contributed by atoms with van der Waals surface area (Å²) in [6, 6.07) is 8.11. The third-order valence-corrected chi connectivity index (χ3v) is 4.30. The van der Waals surface area contributed by atoms with E-state index in [2.05, 4.69) is 33.8 Å². The zero-order valence-corrected chi connectivity index (χ0v) is 12.9. The molecule has 1 aromatic rings. The highest BCUT2D eigenvalue weighted by molar-refractivity contribution is 7.46. The van der Waals surface area contributed by atoms with E-state index in [1.54, 1.807) is 0 Å². The van der Waals surface area contributed by atoms with Gasteiger partial charge < -0.3 is 9.79 Å². The average molecular weight is 319 g/mol. The van der Waals surface area contributed by atoms with Gasteiger partial charge in [-0.1, -0.05) is 42.8 Å². The second-order valence-electron chi connectivity index (χ2n) is 5.44. The molecule has 2 aliphatic rings. The number of phosphoric ester groups is 1. The van der Waals surface area contributed by atoms with Crippen LogP contribution in [0.3, 0.4) is 0 Å². The van der Waals surface area contributed by atoms with Crippen LogP contribution in [0.2, 0.25) is 0 Å². The largest absolute Gasteiger partial charge is 0.469 e. The Kier molecular flexibility index (Phi) is 4.41. The molecule has 0 saturated carbocycles. The fourth-order valence-corrected chi connectivity index (χ4v) is 3.12. The zero-order chi connectivity index (χ0) is 15.6. The summed E-state index contributed by atoms with van der Waals surface area (Å²) in [7, 11) is -4.33. The van der Waals surface area contributed by atoms with Crippen LogP contribution in [0.1, 0.15) is 19.3 Å². The first-order chi connectivity index (χ1) is 10.5. The highest BCUT2D eigenvalue weighted by atomic mass is 31.2. The Bertz CT molecular complexity index is 791. The Morgan fingerprint density at radius 2 is 2.05 bits per heavy atom. The third-order valence-electron chi connectivity index (χ3n) is 3.78. The van der Waals surface area contributed by atoms with Crippen LogP contribution in [0, 0.1) is 5.92 Å². The van der Waals surface area contributed by atoms with Crippen molar-refractivity contribution in [1.82, 2.24) is 0 Å². The van der Waals surface area contributed by atoms with Crippen LogP contribution < -0.4 is 10.6 Å². The number of rotatable bonds is 6. The molecule has 22 heavy (non-hydrogen) atoms. The Morgan fingerprint density at radius 3 is 2.86 bits per heavy atom. The van der Waals surface area contributed by atoms with Crippen LogP contribution in [0.5, 0.6) is 0 Å². The molecule has 5 nitrogen and oxygen atoms in total. The molecule has 1 aliphatic carbocycles. The van der Waals surface area contributed by atoms with Gasteiger partial charge in [0.1, 0.15) is 0 Å². The predicted molar refractivity (Wildman–Crippen MR) is 83.2 cm³/mol. The number of fused-ring (bicyclic) bond motifs is 2. The normalized spacial score (nSPS) is 19.5. The molecule has 6 heteroatoms. The number of phosphoric acid groups is 1. The standard InChI is InChI=1S/C16H18NO4P/c18-22(19,20)21-10-4-3-5-12-8-9-14-13-6-1-2-7-15(13)17-16(14)11-12/h1-2,6-9,11-12H,3-5,10H2,(H2,18,19,20). The maximum Gasteiger partial charge on any atom is 0.469 e. The topological polar surface area (TPSA) is 79.1 Å². The van der Waals surface area contributed by atoms with Crippen molar-refractivity contribution in [2.24, 2.45) is 10.9 Å². The number of hydrogen-bond donors (Lipinski definition) is 2. The summed E-state index contributed by atoms with van der Waals surface area (Å²) in [5.74, 6) is 0.312. The highest BCUT2D eigenvalue weighted by Gasteiger charge is 2.17. The second kappa shape index (κ2) is 6.31.